The Morgan fingerprint density at radius 3 is 2.81 bits per heavy atom. The maximum absolute atomic E-state index is 12.6. The monoisotopic (exact) mass is 369 g/mol. The van der Waals surface area contributed by atoms with Gasteiger partial charge in [-0.25, -0.2) is 4.79 Å². The minimum atomic E-state index is -0.468. The summed E-state index contributed by atoms with van der Waals surface area (Å²) in [5.41, 5.74) is 1.83. The zero-order valence-corrected chi connectivity index (χ0v) is 15.8. The van der Waals surface area contributed by atoms with E-state index in [2.05, 4.69) is 36.2 Å². The van der Waals surface area contributed by atoms with Gasteiger partial charge in [-0.15, -0.1) is 0 Å². The van der Waals surface area contributed by atoms with Gasteiger partial charge in [0.05, 0.1) is 0 Å². The molecule has 144 valence electrons. The molecule has 1 aliphatic rings. The van der Waals surface area contributed by atoms with Crippen LogP contribution in [0.4, 0.5) is 0 Å². The van der Waals surface area contributed by atoms with Gasteiger partial charge in [0.1, 0.15) is 0 Å². The summed E-state index contributed by atoms with van der Waals surface area (Å²) >= 11 is 0. The summed E-state index contributed by atoms with van der Waals surface area (Å²) in [7, 11) is 0. The number of H-pyrrole nitrogens is 1. The minimum absolute atomic E-state index is 0.0775. The Morgan fingerprint density at radius 1 is 1.22 bits per heavy atom. The summed E-state index contributed by atoms with van der Waals surface area (Å²) in [5, 5.41) is 0. The number of aromatic nitrogens is 2. The van der Waals surface area contributed by atoms with Crippen molar-refractivity contribution in [3.63, 3.8) is 0 Å². The topological polar surface area (TPSA) is 75.2 Å². The average Bonchev–Trinajstić information content (AvgIpc) is 2.67. The van der Waals surface area contributed by atoms with Gasteiger partial charge in [0.15, 0.2) is 0 Å². The Kier molecular flexibility index (Phi) is 6.27. The molecule has 0 radical (unpaired) electrons. The number of nitrogens with zero attached hydrogens (tertiary/aromatic N) is 2. The third-order valence-electron chi connectivity index (χ3n) is 5.42. The van der Waals surface area contributed by atoms with Crippen LogP contribution in [0.5, 0.6) is 0 Å². The van der Waals surface area contributed by atoms with Crippen LogP contribution in [0.15, 0.2) is 46.1 Å². The molecule has 27 heavy (non-hydrogen) atoms. The molecule has 2 aromatic rings. The largest absolute Gasteiger partial charge is 0.342 e. The second-order valence-corrected chi connectivity index (χ2v) is 7.37. The van der Waals surface area contributed by atoms with Crippen LogP contribution in [-0.2, 0) is 17.8 Å². The fourth-order valence-electron chi connectivity index (χ4n) is 3.77. The van der Waals surface area contributed by atoms with Crippen molar-refractivity contribution in [3.05, 3.63) is 68.5 Å². The number of amides is 1. The van der Waals surface area contributed by atoms with Crippen molar-refractivity contribution < 1.29 is 4.79 Å². The number of aryl methyl sites for hydroxylation is 3. The average molecular weight is 369 g/mol. The number of likely N-dealkylation sites (tertiary alicyclic amines) is 1. The summed E-state index contributed by atoms with van der Waals surface area (Å²) < 4.78 is 1.37. The molecule has 1 amide bonds. The number of aromatic amines is 1. The molecule has 1 aromatic carbocycles. The molecule has 0 spiro atoms. The van der Waals surface area contributed by atoms with Gasteiger partial charge in [0.25, 0.3) is 5.56 Å². The predicted octanol–water partition coefficient (Wildman–Crippen LogP) is 2.11. The molecule has 2 heterocycles. The van der Waals surface area contributed by atoms with Crippen LogP contribution in [0.1, 0.15) is 36.8 Å². The Bertz CT molecular complexity index is 900. The van der Waals surface area contributed by atoms with Gasteiger partial charge in [0.2, 0.25) is 5.91 Å². The van der Waals surface area contributed by atoms with Gasteiger partial charge in [0, 0.05) is 38.3 Å². The molecule has 1 fully saturated rings. The third kappa shape index (κ3) is 5.18. The van der Waals surface area contributed by atoms with E-state index >= 15 is 0 Å². The predicted molar refractivity (Wildman–Crippen MR) is 105 cm³/mol. The summed E-state index contributed by atoms with van der Waals surface area (Å²) in [5.74, 6) is 0.604. The number of hydrogen-bond donors (Lipinski definition) is 1. The Hall–Kier alpha value is -2.63. The standard InChI is InChI=1S/C21H27N3O3/c1-16-5-2-3-7-18(16)9-8-17-6-4-12-24(15-17)20(26)11-14-23-13-10-19(25)22-21(23)27/h2-3,5,7,10,13,17H,4,6,8-9,11-12,14-15H2,1H3,(H,22,25,27)/t17-/m1/s1. The van der Waals surface area contributed by atoms with Crippen LogP contribution in [0.3, 0.4) is 0 Å². The Labute approximate surface area is 158 Å². The number of carbonyl (C=O) groups excluding carboxylic acids is 1. The van der Waals surface area contributed by atoms with Crippen molar-refractivity contribution >= 4 is 5.91 Å². The second kappa shape index (κ2) is 8.84. The normalized spacial score (nSPS) is 17.1. The molecule has 1 N–H and O–H groups in total. The van der Waals surface area contributed by atoms with Crippen molar-refractivity contribution in [1.29, 1.82) is 0 Å². The fourth-order valence-corrected chi connectivity index (χ4v) is 3.77. The van der Waals surface area contributed by atoms with Gasteiger partial charge < -0.3 is 9.47 Å². The molecule has 1 aromatic heterocycles. The van der Waals surface area contributed by atoms with E-state index in [4.69, 9.17) is 0 Å². The highest BCUT2D eigenvalue weighted by atomic mass is 16.2. The number of rotatable bonds is 6. The van der Waals surface area contributed by atoms with E-state index in [9.17, 15) is 14.4 Å². The van der Waals surface area contributed by atoms with Crippen molar-refractivity contribution in [1.82, 2.24) is 14.5 Å². The SMILES string of the molecule is Cc1ccccc1CC[C@H]1CCCN(C(=O)CCn2ccc(=O)[nH]c2=O)C1. The van der Waals surface area contributed by atoms with Crippen LogP contribution < -0.4 is 11.2 Å². The molecule has 0 aliphatic carbocycles. The molecular weight excluding hydrogens is 342 g/mol. The molecular formula is C21H27N3O3. The molecule has 0 bridgehead atoms. The van der Waals surface area contributed by atoms with Gasteiger partial charge in [-0.05, 0) is 49.7 Å². The number of benzene rings is 1. The van der Waals surface area contributed by atoms with Crippen LogP contribution in [0.25, 0.3) is 0 Å². The van der Waals surface area contributed by atoms with Gasteiger partial charge in [-0.2, -0.15) is 0 Å². The molecule has 6 nitrogen and oxygen atoms in total. The van der Waals surface area contributed by atoms with E-state index in [0.29, 0.717) is 12.5 Å². The van der Waals surface area contributed by atoms with Crippen LogP contribution in [0.2, 0.25) is 0 Å². The van der Waals surface area contributed by atoms with Crippen LogP contribution in [-0.4, -0.2) is 33.4 Å². The molecule has 0 saturated carbocycles. The minimum Gasteiger partial charge on any atom is -0.342 e. The van der Waals surface area contributed by atoms with E-state index < -0.39 is 11.2 Å². The number of carbonyl (C=O) groups is 1. The van der Waals surface area contributed by atoms with E-state index in [1.807, 2.05) is 4.90 Å². The summed E-state index contributed by atoms with van der Waals surface area (Å²) in [6.45, 7) is 4.02. The quantitative estimate of drug-likeness (QED) is 0.847. The van der Waals surface area contributed by atoms with Gasteiger partial charge in [-0.1, -0.05) is 24.3 Å². The van der Waals surface area contributed by atoms with E-state index in [0.717, 1.165) is 38.8 Å². The maximum atomic E-state index is 12.6. The highest BCUT2D eigenvalue weighted by Crippen LogP contribution is 2.23. The van der Waals surface area contributed by atoms with Crippen molar-refractivity contribution in [2.24, 2.45) is 5.92 Å². The third-order valence-corrected chi connectivity index (χ3v) is 5.42. The number of piperidine rings is 1. The van der Waals surface area contributed by atoms with E-state index in [1.54, 1.807) is 0 Å². The molecule has 6 heteroatoms. The molecule has 0 unspecified atom stereocenters. The summed E-state index contributed by atoms with van der Waals surface area (Å²) in [6.07, 6.45) is 6.05. The zero-order chi connectivity index (χ0) is 19.2. The lowest BCUT2D eigenvalue weighted by Crippen LogP contribution is -2.41. The highest BCUT2D eigenvalue weighted by Gasteiger charge is 2.23. The smallest absolute Gasteiger partial charge is 0.328 e. The van der Waals surface area contributed by atoms with Crippen molar-refractivity contribution in [2.45, 2.75) is 45.6 Å². The highest BCUT2D eigenvalue weighted by molar-refractivity contribution is 5.76. The number of hydrogen-bond acceptors (Lipinski definition) is 3. The first kappa shape index (κ1) is 19.1. The Morgan fingerprint density at radius 2 is 2.04 bits per heavy atom. The summed E-state index contributed by atoms with van der Waals surface area (Å²) in [4.78, 5) is 39.5. The Balaban J connectivity index is 1.51. The molecule has 1 saturated heterocycles. The van der Waals surface area contributed by atoms with Gasteiger partial charge >= 0.3 is 5.69 Å². The summed E-state index contributed by atoms with van der Waals surface area (Å²) in [6, 6.07) is 9.77. The van der Waals surface area contributed by atoms with Crippen molar-refractivity contribution in [3.8, 4) is 0 Å². The maximum Gasteiger partial charge on any atom is 0.328 e. The lowest BCUT2D eigenvalue weighted by atomic mass is 9.90. The lowest BCUT2D eigenvalue weighted by Gasteiger charge is -2.33. The van der Waals surface area contributed by atoms with Gasteiger partial charge in [-0.3, -0.25) is 14.6 Å². The first-order valence-corrected chi connectivity index (χ1v) is 9.65. The number of nitrogens with one attached hydrogen (secondary N) is 1. The lowest BCUT2D eigenvalue weighted by molar-refractivity contribution is -0.133. The van der Waals surface area contributed by atoms with E-state index in [-0.39, 0.29) is 12.3 Å². The zero-order valence-electron chi connectivity index (χ0n) is 15.8. The molecule has 1 aliphatic heterocycles. The first-order valence-electron chi connectivity index (χ1n) is 9.65. The second-order valence-electron chi connectivity index (χ2n) is 7.37. The van der Waals surface area contributed by atoms with Crippen LogP contribution in [0, 0.1) is 12.8 Å². The fraction of sp³-hybridized carbons (Fsp3) is 0.476. The molecule has 3 rings (SSSR count). The molecule has 1 atom stereocenters. The van der Waals surface area contributed by atoms with Crippen molar-refractivity contribution in [2.75, 3.05) is 13.1 Å². The first-order chi connectivity index (χ1) is 13.0. The van der Waals surface area contributed by atoms with Crippen LogP contribution >= 0.6 is 0 Å². The van der Waals surface area contributed by atoms with E-state index in [1.165, 1.54) is 28.0 Å².